The molecule has 0 aromatic carbocycles. The highest BCUT2D eigenvalue weighted by molar-refractivity contribution is 7.98. The number of carboxylic acid groups (broad SMARTS) is 2. The molecule has 0 aliphatic rings. The van der Waals surface area contributed by atoms with Gasteiger partial charge in [0.25, 0.3) is 0 Å². The molecule has 4 unspecified atom stereocenters. The lowest BCUT2D eigenvalue weighted by Gasteiger charge is -2.23. The number of nitrogens with two attached hydrogens (primary N) is 2. The van der Waals surface area contributed by atoms with E-state index in [0.29, 0.717) is 5.75 Å². The lowest BCUT2D eigenvalue weighted by atomic mass is 10.1. The van der Waals surface area contributed by atoms with Crippen LogP contribution in [0.4, 0.5) is 0 Å². The van der Waals surface area contributed by atoms with E-state index in [1.165, 1.54) is 18.7 Å². The van der Waals surface area contributed by atoms with Gasteiger partial charge < -0.3 is 37.6 Å². The van der Waals surface area contributed by atoms with Crippen LogP contribution in [0.5, 0.6) is 0 Å². The summed E-state index contributed by atoms with van der Waals surface area (Å²) in [5.41, 5.74) is 10.4. The van der Waals surface area contributed by atoms with Crippen LogP contribution < -0.4 is 27.4 Å². The molecule has 14 heteroatoms. The number of hydrogen-bond acceptors (Lipinski definition) is 8. The molecule has 0 aliphatic carbocycles. The standard InChI is InChI=1S/C16H27N5O8S/c1-7(13(25)21-10(16(28)29)6-11(18)22)19-15(27)9(3-4-30-2)20-14(26)8(17)5-12(23)24/h7-10H,3-6,17H2,1-2H3,(H2,18,22)(H,19,27)(H,20,26)(H,21,25)(H,23,24)(H,28,29). The second-order valence-electron chi connectivity index (χ2n) is 6.35. The smallest absolute Gasteiger partial charge is 0.326 e. The first-order valence-electron chi connectivity index (χ1n) is 8.77. The van der Waals surface area contributed by atoms with E-state index < -0.39 is 72.6 Å². The summed E-state index contributed by atoms with van der Waals surface area (Å²) in [6, 6.07) is -5.22. The molecule has 0 aliphatic heterocycles. The molecule has 13 nitrogen and oxygen atoms in total. The number of hydrogen-bond donors (Lipinski definition) is 7. The number of carboxylic acids is 2. The molecule has 4 atom stereocenters. The van der Waals surface area contributed by atoms with Crippen molar-refractivity contribution >= 4 is 47.3 Å². The molecule has 0 heterocycles. The number of aliphatic carboxylic acids is 2. The van der Waals surface area contributed by atoms with Crippen LogP contribution in [0.2, 0.25) is 0 Å². The molecule has 0 radical (unpaired) electrons. The van der Waals surface area contributed by atoms with Gasteiger partial charge in [-0.15, -0.1) is 0 Å². The van der Waals surface area contributed by atoms with Gasteiger partial charge in [0.2, 0.25) is 23.6 Å². The molecule has 0 saturated carbocycles. The molecule has 0 aromatic rings. The molecular formula is C16H27N5O8S. The van der Waals surface area contributed by atoms with Crippen molar-refractivity contribution in [3.63, 3.8) is 0 Å². The van der Waals surface area contributed by atoms with E-state index in [9.17, 15) is 28.8 Å². The van der Waals surface area contributed by atoms with E-state index in [0.717, 1.165) is 0 Å². The Morgan fingerprint density at radius 1 is 0.900 bits per heavy atom. The monoisotopic (exact) mass is 449 g/mol. The van der Waals surface area contributed by atoms with E-state index in [-0.39, 0.29) is 6.42 Å². The third kappa shape index (κ3) is 10.6. The minimum atomic E-state index is -1.56. The zero-order valence-corrected chi connectivity index (χ0v) is 17.4. The van der Waals surface area contributed by atoms with Crippen molar-refractivity contribution in [1.82, 2.24) is 16.0 Å². The van der Waals surface area contributed by atoms with Crippen molar-refractivity contribution in [2.24, 2.45) is 11.5 Å². The highest BCUT2D eigenvalue weighted by Crippen LogP contribution is 2.03. The largest absolute Gasteiger partial charge is 0.481 e. The predicted molar refractivity (Wildman–Crippen MR) is 106 cm³/mol. The van der Waals surface area contributed by atoms with Crippen molar-refractivity contribution in [3.05, 3.63) is 0 Å². The van der Waals surface area contributed by atoms with Crippen LogP contribution in [0, 0.1) is 0 Å². The first-order valence-corrected chi connectivity index (χ1v) is 10.2. The Morgan fingerprint density at radius 2 is 1.47 bits per heavy atom. The van der Waals surface area contributed by atoms with Crippen LogP contribution in [-0.4, -0.2) is 82.0 Å². The molecule has 30 heavy (non-hydrogen) atoms. The second-order valence-corrected chi connectivity index (χ2v) is 7.33. The molecule has 4 amide bonds. The van der Waals surface area contributed by atoms with Crippen LogP contribution in [0.1, 0.15) is 26.2 Å². The Morgan fingerprint density at radius 3 is 1.93 bits per heavy atom. The van der Waals surface area contributed by atoms with Gasteiger partial charge in [-0.05, 0) is 25.4 Å². The van der Waals surface area contributed by atoms with Gasteiger partial charge in [0.15, 0.2) is 0 Å². The SMILES string of the molecule is CSCCC(NC(=O)C(N)CC(=O)O)C(=O)NC(C)C(=O)NC(CC(N)=O)C(=O)O. The van der Waals surface area contributed by atoms with Crippen molar-refractivity contribution in [3.8, 4) is 0 Å². The van der Waals surface area contributed by atoms with Gasteiger partial charge in [-0.3, -0.25) is 24.0 Å². The third-order valence-corrected chi connectivity index (χ3v) is 4.39. The highest BCUT2D eigenvalue weighted by Gasteiger charge is 2.29. The van der Waals surface area contributed by atoms with Gasteiger partial charge in [0.05, 0.1) is 18.9 Å². The molecule has 0 spiro atoms. The van der Waals surface area contributed by atoms with E-state index in [1.807, 2.05) is 0 Å². The first-order chi connectivity index (χ1) is 13.9. The minimum Gasteiger partial charge on any atom is -0.481 e. The summed E-state index contributed by atoms with van der Waals surface area (Å²) < 4.78 is 0. The van der Waals surface area contributed by atoms with Gasteiger partial charge in [-0.25, -0.2) is 4.79 Å². The number of thioether (sulfide) groups is 1. The predicted octanol–water partition coefficient (Wildman–Crippen LogP) is -3.02. The van der Waals surface area contributed by atoms with Crippen LogP contribution in [0.15, 0.2) is 0 Å². The maximum Gasteiger partial charge on any atom is 0.326 e. The van der Waals surface area contributed by atoms with Crippen molar-refractivity contribution in [1.29, 1.82) is 0 Å². The summed E-state index contributed by atoms with van der Waals surface area (Å²) in [5, 5.41) is 24.5. The fraction of sp³-hybridized carbons (Fsp3) is 0.625. The van der Waals surface area contributed by atoms with Crippen molar-refractivity contribution < 1.29 is 39.0 Å². The lowest BCUT2D eigenvalue weighted by molar-refractivity contribution is -0.143. The summed E-state index contributed by atoms with van der Waals surface area (Å²) in [6.07, 6.45) is 0.688. The number of carbonyl (C=O) groups excluding carboxylic acids is 4. The topological polar surface area (TPSA) is 231 Å². The molecular weight excluding hydrogens is 422 g/mol. The fourth-order valence-electron chi connectivity index (χ4n) is 2.14. The molecule has 0 rings (SSSR count). The zero-order valence-electron chi connectivity index (χ0n) is 16.5. The summed E-state index contributed by atoms with van der Waals surface area (Å²) in [7, 11) is 0. The Balaban J connectivity index is 5.04. The van der Waals surface area contributed by atoms with Crippen LogP contribution in [0.3, 0.4) is 0 Å². The Bertz CT molecular complexity index is 674. The van der Waals surface area contributed by atoms with Gasteiger partial charge in [0.1, 0.15) is 18.1 Å². The molecule has 0 aromatic heterocycles. The van der Waals surface area contributed by atoms with Crippen LogP contribution in [0.25, 0.3) is 0 Å². The molecule has 0 bridgehead atoms. The number of amides is 4. The summed E-state index contributed by atoms with van der Waals surface area (Å²) >= 11 is 1.39. The second kappa shape index (κ2) is 13.4. The van der Waals surface area contributed by atoms with Gasteiger partial charge in [-0.2, -0.15) is 11.8 Å². The Kier molecular flexibility index (Phi) is 12.1. The maximum absolute atomic E-state index is 12.5. The number of rotatable bonds is 14. The van der Waals surface area contributed by atoms with E-state index in [4.69, 9.17) is 21.7 Å². The molecule has 9 N–H and O–H groups in total. The average molecular weight is 449 g/mol. The average Bonchev–Trinajstić information content (AvgIpc) is 2.62. The minimum absolute atomic E-state index is 0.173. The third-order valence-electron chi connectivity index (χ3n) is 3.75. The van der Waals surface area contributed by atoms with E-state index in [2.05, 4.69) is 16.0 Å². The normalized spacial score (nSPS) is 14.5. The Hall–Kier alpha value is -2.87. The van der Waals surface area contributed by atoms with Gasteiger partial charge >= 0.3 is 11.9 Å². The molecule has 0 saturated heterocycles. The summed E-state index contributed by atoms with van der Waals surface area (Å²) in [5.74, 6) is -5.69. The lowest BCUT2D eigenvalue weighted by Crippen LogP contribution is -2.56. The molecule has 170 valence electrons. The zero-order chi connectivity index (χ0) is 23.4. The first kappa shape index (κ1) is 27.1. The van der Waals surface area contributed by atoms with Crippen molar-refractivity contribution in [2.45, 2.75) is 50.4 Å². The number of nitrogens with one attached hydrogen (secondary N) is 3. The maximum atomic E-state index is 12.5. The Labute approximate surface area is 176 Å². The summed E-state index contributed by atoms with van der Waals surface area (Å²) in [4.78, 5) is 69.3. The number of carbonyl (C=O) groups is 6. The van der Waals surface area contributed by atoms with Crippen LogP contribution in [-0.2, 0) is 28.8 Å². The van der Waals surface area contributed by atoms with E-state index >= 15 is 0 Å². The quantitative estimate of drug-likeness (QED) is 0.142. The van der Waals surface area contributed by atoms with E-state index in [1.54, 1.807) is 6.26 Å². The number of primary amides is 1. The highest BCUT2D eigenvalue weighted by atomic mass is 32.2. The fourth-order valence-corrected chi connectivity index (χ4v) is 2.61. The molecule has 0 fully saturated rings. The van der Waals surface area contributed by atoms with Crippen LogP contribution >= 0.6 is 11.8 Å². The van der Waals surface area contributed by atoms with Gasteiger partial charge in [-0.1, -0.05) is 0 Å². The van der Waals surface area contributed by atoms with Gasteiger partial charge in [0, 0.05) is 0 Å². The van der Waals surface area contributed by atoms with Crippen molar-refractivity contribution in [2.75, 3.05) is 12.0 Å². The summed E-state index contributed by atoms with van der Waals surface area (Å²) in [6.45, 7) is 1.28.